The van der Waals surface area contributed by atoms with E-state index in [0.29, 0.717) is 51.0 Å². The smallest absolute Gasteiger partial charge is 0.223 e. The summed E-state index contributed by atoms with van der Waals surface area (Å²) < 4.78 is 13.6. The van der Waals surface area contributed by atoms with Crippen LogP contribution in [-0.2, 0) is 16.0 Å². The highest BCUT2D eigenvalue weighted by atomic mass is 19.1. The van der Waals surface area contributed by atoms with Gasteiger partial charge in [-0.25, -0.2) is 4.39 Å². The van der Waals surface area contributed by atoms with Crippen LogP contribution in [-0.4, -0.2) is 47.8 Å². The Bertz CT molecular complexity index is 620. The van der Waals surface area contributed by atoms with E-state index < -0.39 is 0 Å². The van der Waals surface area contributed by atoms with Crippen LogP contribution in [0.4, 0.5) is 4.39 Å². The molecule has 1 aliphatic heterocycles. The van der Waals surface area contributed by atoms with Gasteiger partial charge in [-0.3, -0.25) is 9.59 Å². The zero-order valence-corrected chi connectivity index (χ0v) is 15.5. The van der Waals surface area contributed by atoms with Crippen LogP contribution in [0.3, 0.4) is 0 Å². The van der Waals surface area contributed by atoms with Gasteiger partial charge in [0.15, 0.2) is 0 Å². The summed E-state index contributed by atoms with van der Waals surface area (Å²) in [4.78, 5) is 28.4. The maximum atomic E-state index is 13.6. The molecule has 0 unspecified atom stereocenters. The lowest BCUT2D eigenvalue weighted by Gasteiger charge is -2.35. The van der Waals surface area contributed by atoms with Crippen molar-refractivity contribution in [1.82, 2.24) is 9.80 Å². The van der Waals surface area contributed by atoms with E-state index in [-0.39, 0.29) is 17.6 Å². The average molecular weight is 360 g/mol. The van der Waals surface area contributed by atoms with Gasteiger partial charge in [0.25, 0.3) is 0 Å². The molecule has 2 amide bonds. The summed E-state index contributed by atoms with van der Waals surface area (Å²) in [5.41, 5.74) is 0.585. The van der Waals surface area contributed by atoms with Gasteiger partial charge in [-0.05, 0) is 30.4 Å². The molecule has 1 aliphatic carbocycles. The molecule has 1 aromatic carbocycles. The molecule has 3 rings (SSSR count). The van der Waals surface area contributed by atoms with Crippen molar-refractivity contribution in [3.05, 3.63) is 35.6 Å². The van der Waals surface area contributed by atoms with Gasteiger partial charge in [-0.1, -0.05) is 43.9 Å². The van der Waals surface area contributed by atoms with Crippen LogP contribution in [0.5, 0.6) is 0 Å². The van der Waals surface area contributed by atoms with Gasteiger partial charge in [0.1, 0.15) is 5.82 Å². The van der Waals surface area contributed by atoms with Crippen molar-refractivity contribution in [2.75, 3.05) is 26.2 Å². The molecule has 26 heavy (non-hydrogen) atoms. The molecule has 0 radical (unpaired) electrons. The lowest BCUT2D eigenvalue weighted by Crippen LogP contribution is -2.50. The first-order chi connectivity index (χ1) is 12.6. The van der Waals surface area contributed by atoms with Crippen LogP contribution in [0.2, 0.25) is 0 Å². The minimum absolute atomic E-state index is 0.0475. The van der Waals surface area contributed by atoms with E-state index in [2.05, 4.69) is 0 Å². The number of hydrogen-bond acceptors (Lipinski definition) is 2. The summed E-state index contributed by atoms with van der Waals surface area (Å²) in [6.45, 7) is 2.42. The Morgan fingerprint density at radius 1 is 0.923 bits per heavy atom. The molecular formula is C21H29FN2O2. The predicted molar refractivity (Wildman–Crippen MR) is 99.1 cm³/mol. The fraction of sp³-hybridized carbons (Fsp3) is 0.619. The Kier molecular flexibility index (Phi) is 6.64. The molecule has 1 aromatic rings. The van der Waals surface area contributed by atoms with E-state index in [1.165, 1.54) is 31.7 Å². The summed E-state index contributed by atoms with van der Waals surface area (Å²) in [6.07, 6.45) is 7.57. The molecule has 1 heterocycles. The molecule has 0 aromatic heterocycles. The van der Waals surface area contributed by atoms with Gasteiger partial charge in [-0.15, -0.1) is 0 Å². The van der Waals surface area contributed by atoms with E-state index in [1.54, 1.807) is 18.2 Å². The lowest BCUT2D eigenvalue weighted by atomic mass is 10.0. The third-order valence-corrected chi connectivity index (χ3v) is 5.79. The topological polar surface area (TPSA) is 40.6 Å². The number of nitrogens with zero attached hydrogens (tertiary/aromatic N) is 2. The molecule has 2 aliphatic rings. The van der Waals surface area contributed by atoms with Crippen molar-refractivity contribution in [2.45, 2.75) is 51.4 Å². The summed E-state index contributed by atoms with van der Waals surface area (Å²) >= 11 is 0. The number of rotatable bonds is 6. The van der Waals surface area contributed by atoms with E-state index in [1.807, 2.05) is 9.80 Å². The summed E-state index contributed by atoms with van der Waals surface area (Å²) in [5.74, 6) is 0.764. The Balaban J connectivity index is 1.37. The maximum absolute atomic E-state index is 13.6. The van der Waals surface area contributed by atoms with Gasteiger partial charge < -0.3 is 9.80 Å². The van der Waals surface area contributed by atoms with Gasteiger partial charge in [0.05, 0.1) is 0 Å². The molecule has 0 bridgehead atoms. The minimum atomic E-state index is -0.252. The Hall–Kier alpha value is -1.91. The van der Waals surface area contributed by atoms with Gasteiger partial charge in [0, 0.05) is 39.0 Å². The van der Waals surface area contributed by atoms with Crippen molar-refractivity contribution in [3.8, 4) is 0 Å². The van der Waals surface area contributed by atoms with Crippen LogP contribution >= 0.6 is 0 Å². The van der Waals surface area contributed by atoms with Crippen molar-refractivity contribution in [2.24, 2.45) is 5.92 Å². The molecule has 1 saturated carbocycles. The van der Waals surface area contributed by atoms with E-state index in [0.717, 1.165) is 12.3 Å². The van der Waals surface area contributed by atoms with Crippen molar-refractivity contribution >= 4 is 11.8 Å². The lowest BCUT2D eigenvalue weighted by molar-refractivity contribution is -0.139. The van der Waals surface area contributed by atoms with Gasteiger partial charge in [-0.2, -0.15) is 0 Å². The number of carbonyl (C=O) groups excluding carboxylic acids is 2. The largest absolute Gasteiger partial charge is 0.339 e. The molecule has 0 N–H and O–H groups in total. The second-order valence-corrected chi connectivity index (χ2v) is 7.54. The normalized spacial score (nSPS) is 18.3. The number of hydrogen-bond donors (Lipinski definition) is 0. The summed E-state index contributed by atoms with van der Waals surface area (Å²) in [5, 5.41) is 0. The van der Waals surface area contributed by atoms with Crippen molar-refractivity contribution in [3.63, 3.8) is 0 Å². The average Bonchev–Trinajstić information content (AvgIpc) is 3.19. The predicted octanol–water partition coefficient (Wildman–Crippen LogP) is 3.40. The van der Waals surface area contributed by atoms with Crippen LogP contribution in [0.15, 0.2) is 24.3 Å². The fourth-order valence-electron chi connectivity index (χ4n) is 4.09. The first-order valence-corrected chi connectivity index (χ1v) is 9.92. The molecule has 5 heteroatoms. The Morgan fingerprint density at radius 3 is 2.12 bits per heavy atom. The minimum Gasteiger partial charge on any atom is -0.339 e. The highest BCUT2D eigenvalue weighted by Gasteiger charge is 2.25. The quantitative estimate of drug-likeness (QED) is 0.780. The highest BCUT2D eigenvalue weighted by Crippen LogP contribution is 2.28. The molecule has 0 atom stereocenters. The number of aryl methyl sites for hydroxylation is 1. The summed E-state index contributed by atoms with van der Waals surface area (Å²) in [6, 6.07) is 6.60. The second-order valence-electron chi connectivity index (χ2n) is 7.54. The molecule has 4 nitrogen and oxygen atoms in total. The SMILES string of the molecule is O=C(CCc1ccccc1F)N1CCN(C(=O)CCC2CCCC2)CC1. The second kappa shape index (κ2) is 9.15. The van der Waals surface area contributed by atoms with E-state index in [9.17, 15) is 14.0 Å². The molecule has 142 valence electrons. The number of carbonyl (C=O) groups is 2. The standard InChI is InChI=1S/C21H29FN2O2/c22-19-8-4-3-7-18(19)10-12-21(26)24-15-13-23(14-16-24)20(25)11-9-17-5-1-2-6-17/h3-4,7-8,17H,1-2,5-6,9-16H2. The van der Waals surface area contributed by atoms with E-state index >= 15 is 0 Å². The monoisotopic (exact) mass is 360 g/mol. The van der Waals surface area contributed by atoms with Crippen LogP contribution in [0.1, 0.15) is 50.5 Å². The highest BCUT2D eigenvalue weighted by molar-refractivity contribution is 5.78. The first-order valence-electron chi connectivity index (χ1n) is 9.92. The Morgan fingerprint density at radius 2 is 1.50 bits per heavy atom. The fourth-order valence-corrected chi connectivity index (χ4v) is 4.09. The third-order valence-electron chi connectivity index (χ3n) is 5.79. The summed E-state index contributed by atoms with van der Waals surface area (Å²) in [7, 11) is 0. The van der Waals surface area contributed by atoms with Crippen LogP contribution < -0.4 is 0 Å². The number of piperazine rings is 1. The number of benzene rings is 1. The molecular weight excluding hydrogens is 331 g/mol. The van der Waals surface area contributed by atoms with Crippen molar-refractivity contribution < 1.29 is 14.0 Å². The van der Waals surface area contributed by atoms with Gasteiger partial charge in [0.2, 0.25) is 11.8 Å². The maximum Gasteiger partial charge on any atom is 0.223 e. The van der Waals surface area contributed by atoms with Crippen LogP contribution in [0.25, 0.3) is 0 Å². The molecule has 1 saturated heterocycles. The third kappa shape index (κ3) is 5.05. The molecule has 0 spiro atoms. The van der Waals surface area contributed by atoms with Crippen LogP contribution in [0, 0.1) is 11.7 Å². The van der Waals surface area contributed by atoms with Crippen molar-refractivity contribution in [1.29, 1.82) is 0 Å². The number of halogens is 1. The molecule has 2 fully saturated rings. The zero-order valence-electron chi connectivity index (χ0n) is 15.5. The first kappa shape index (κ1) is 18.9. The Labute approximate surface area is 155 Å². The zero-order chi connectivity index (χ0) is 18.4. The van der Waals surface area contributed by atoms with E-state index in [4.69, 9.17) is 0 Å². The van der Waals surface area contributed by atoms with Gasteiger partial charge >= 0.3 is 0 Å². The number of amides is 2.